The Morgan fingerprint density at radius 3 is 2.54 bits per heavy atom. The minimum absolute atomic E-state index is 0.0135. The number of pyridine rings is 1. The van der Waals surface area contributed by atoms with Crippen LogP contribution in [0.3, 0.4) is 0 Å². The van der Waals surface area contributed by atoms with E-state index in [0.29, 0.717) is 11.9 Å². The summed E-state index contributed by atoms with van der Waals surface area (Å²) < 4.78 is 0.882. The SMILES string of the molecule is C[C@@H](C(=O)NC1CC1)N1CCC(C(=O)Nc2ccc(Br)cn2)CC1. The van der Waals surface area contributed by atoms with Gasteiger partial charge in [0.25, 0.3) is 0 Å². The van der Waals surface area contributed by atoms with Crippen molar-refractivity contribution in [3.05, 3.63) is 22.8 Å². The second-order valence-corrected chi connectivity index (χ2v) is 7.54. The highest BCUT2D eigenvalue weighted by molar-refractivity contribution is 9.10. The van der Waals surface area contributed by atoms with Crippen LogP contribution in [0, 0.1) is 5.92 Å². The third-order valence-electron chi connectivity index (χ3n) is 4.73. The van der Waals surface area contributed by atoms with E-state index >= 15 is 0 Å². The highest BCUT2D eigenvalue weighted by Gasteiger charge is 2.32. The molecule has 1 atom stereocenters. The monoisotopic (exact) mass is 394 g/mol. The van der Waals surface area contributed by atoms with Crippen LogP contribution in [0.5, 0.6) is 0 Å². The van der Waals surface area contributed by atoms with Gasteiger partial charge < -0.3 is 10.6 Å². The molecule has 1 aromatic rings. The lowest BCUT2D eigenvalue weighted by atomic mass is 9.95. The molecule has 1 aliphatic heterocycles. The molecule has 1 saturated heterocycles. The number of piperidine rings is 1. The van der Waals surface area contributed by atoms with Crippen molar-refractivity contribution >= 4 is 33.6 Å². The number of rotatable bonds is 5. The van der Waals surface area contributed by atoms with Crippen molar-refractivity contribution < 1.29 is 9.59 Å². The highest BCUT2D eigenvalue weighted by atomic mass is 79.9. The molecule has 130 valence electrons. The molecule has 7 heteroatoms. The molecule has 6 nitrogen and oxygen atoms in total. The summed E-state index contributed by atoms with van der Waals surface area (Å²) in [4.78, 5) is 30.8. The summed E-state index contributed by atoms with van der Waals surface area (Å²) >= 11 is 3.33. The van der Waals surface area contributed by atoms with E-state index in [1.165, 1.54) is 0 Å². The Bertz CT molecular complexity index is 595. The number of likely N-dealkylation sites (tertiary alicyclic amines) is 1. The smallest absolute Gasteiger partial charge is 0.237 e. The Labute approximate surface area is 150 Å². The van der Waals surface area contributed by atoms with Gasteiger partial charge in [0, 0.05) is 22.6 Å². The summed E-state index contributed by atoms with van der Waals surface area (Å²) in [5.41, 5.74) is 0. The second-order valence-electron chi connectivity index (χ2n) is 6.62. The van der Waals surface area contributed by atoms with Crippen LogP contribution in [-0.4, -0.2) is 46.9 Å². The average Bonchev–Trinajstić information content (AvgIpc) is 3.40. The Kier molecular flexibility index (Phi) is 5.50. The zero-order valence-electron chi connectivity index (χ0n) is 13.8. The van der Waals surface area contributed by atoms with E-state index < -0.39 is 0 Å². The topological polar surface area (TPSA) is 74.3 Å². The van der Waals surface area contributed by atoms with E-state index in [4.69, 9.17) is 0 Å². The summed E-state index contributed by atoms with van der Waals surface area (Å²) in [6.45, 7) is 3.49. The van der Waals surface area contributed by atoms with E-state index in [1.54, 1.807) is 12.3 Å². The van der Waals surface area contributed by atoms with Gasteiger partial charge in [0.15, 0.2) is 0 Å². The number of amides is 2. The van der Waals surface area contributed by atoms with Crippen LogP contribution in [0.15, 0.2) is 22.8 Å². The van der Waals surface area contributed by atoms with Gasteiger partial charge in [0.05, 0.1) is 6.04 Å². The number of aromatic nitrogens is 1. The first-order valence-corrected chi connectivity index (χ1v) is 9.29. The standard InChI is InChI=1S/C17H23BrN4O2/c1-11(16(23)20-14-3-4-14)22-8-6-12(7-9-22)17(24)21-15-5-2-13(18)10-19-15/h2,5,10-12,14H,3-4,6-9H2,1H3,(H,20,23)(H,19,21,24)/t11-/m0/s1. The predicted octanol–water partition coefficient (Wildman–Crippen LogP) is 2.16. The molecule has 0 bridgehead atoms. The number of anilines is 1. The molecule has 3 rings (SSSR count). The summed E-state index contributed by atoms with van der Waals surface area (Å²) in [7, 11) is 0. The van der Waals surface area contributed by atoms with Crippen LogP contribution in [0.2, 0.25) is 0 Å². The molecule has 2 aliphatic rings. The molecule has 0 spiro atoms. The zero-order chi connectivity index (χ0) is 17.1. The van der Waals surface area contributed by atoms with E-state index in [2.05, 4.69) is 36.4 Å². The normalized spacial score (nSPS) is 20.4. The van der Waals surface area contributed by atoms with Crippen LogP contribution >= 0.6 is 15.9 Å². The van der Waals surface area contributed by atoms with Gasteiger partial charge in [0.1, 0.15) is 5.82 Å². The maximum atomic E-state index is 12.4. The third-order valence-corrected chi connectivity index (χ3v) is 5.20. The molecule has 1 saturated carbocycles. The Hall–Kier alpha value is -1.47. The number of nitrogens with one attached hydrogen (secondary N) is 2. The van der Waals surface area contributed by atoms with Crippen LogP contribution in [0.1, 0.15) is 32.6 Å². The van der Waals surface area contributed by atoms with Gasteiger partial charge >= 0.3 is 0 Å². The molecule has 0 unspecified atom stereocenters. The highest BCUT2D eigenvalue weighted by Crippen LogP contribution is 2.22. The lowest BCUT2D eigenvalue weighted by Crippen LogP contribution is -2.49. The average molecular weight is 395 g/mol. The number of hydrogen-bond donors (Lipinski definition) is 2. The van der Waals surface area contributed by atoms with Gasteiger partial charge in [0.2, 0.25) is 11.8 Å². The molecular formula is C17H23BrN4O2. The number of carbonyl (C=O) groups is 2. The van der Waals surface area contributed by atoms with Crippen molar-refractivity contribution in [1.29, 1.82) is 0 Å². The zero-order valence-corrected chi connectivity index (χ0v) is 15.4. The summed E-state index contributed by atoms with van der Waals surface area (Å²) in [5, 5.41) is 5.92. The van der Waals surface area contributed by atoms with Gasteiger partial charge in [-0.25, -0.2) is 4.98 Å². The fourth-order valence-corrected chi connectivity index (χ4v) is 3.18. The maximum Gasteiger partial charge on any atom is 0.237 e. The van der Waals surface area contributed by atoms with Gasteiger partial charge in [-0.1, -0.05) is 0 Å². The third kappa shape index (κ3) is 4.54. The Morgan fingerprint density at radius 2 is 1.96 bits per heavy atom. The first kappa shape index (κ1) is 17.4. The van der Waals surface area contributed by atoms with E-state index in [0.717, 1.165) is 43.2 Å². The fourth-order valence-electron chi connectivity index (χ4n) is 2.94. The second kappa shape index (κ2) is 7.61. The number of carbonyl (C=O) groups excluding carboxylic acids is 2. The maximum absolute atomic E-state index is 12.4. The number of hydrogen-bond acceptors (Lipinski definition) is 4. The minimum atomic E-state index is -0.122. The first-order valence-electron chi connectivity index (χ1n) is 8.50. The van der Waals surface area contributed by atoms with Gasteiger partial charge in [-0.3, -0.25) is 14.5 Å². The van der Waals surface area contributed by atoms with E-state index in [-0.39, 0.29) is 23.8 Å². The molecule has 0 aromatic carbocycles. The van der Waals surface area contributed by atoms with Crippen LogP contribution in [0.25, 0.3) is 0 Å². The molecular weight excluding hydrogens is 372 g/mol. The van der Waals surface area contributed by atoms with Crippen molar-refractivity contribution in [2.45, 2.75) is 44.7 Å². The number of nitrogens with zero attached hydrogens (tertiary/aromatic N) is 2. The van der Waals surface area contributed by atoms with Crippen molar-refractivity contribution in [3.63, 3.8) is 0 Å². The summed E-state index contributed by atoms with van der Waals surface area (Å²) in [6, 6.07) is 3.90. The predicted molar refractivity (Wildman–Crippen MR) is 95.5 cm³/mol. The molecule has 2 N–H and O–H groups in total. The molecule has 2 amide bonds. The summed E-state index contributed by atoms with van der Waals surface area (Å²) in [5.74, 6) is 0.673. The van der Waals surface area contributed by atoms with E-state index in [1.807, 2.05) is 13.0 Å². The van der Waals surface area contributed by atoms with Crippen molar-refractivity contribution in [2.24, 2.45) is 5.92 Å². The Morgan fingerprint density at radius 1 is 1.25 bits per heavy atom. The van der Waals surface area contributed by atoms with Crippen LogP contribution in [-0.2, 0) is 9.59 Å². The minimum Gasteiger partial charge on any atom is -0.352 e. The van der Waals surface area contributed by atoms with Crippen molar-refractivity contribution in [3.8, 4) is 0 Å². The molecule has 24 heavy (non-hydrogen) atoms. The fraction of sp³-hybridized carbons (Fsp3) is 0.588. The van der Waals surface area contributed by atoms with Gasteiger partial charge in [-0.2, -0.15) is 0 Å². The molecule has 0 radical (unpaired) electrons. The quantitative estimate of drug-likeness (QED) is 0.802. The largest absolute Gasteiger partial charge is 0.352 e. The first-order chi connectivity index (χ1) is 11.5. The van der Waals surface area contributed by atoms with Gasteiger partial charge in [-0.05, 0) is 73.8 Å². The number of halogens is 1. The van der Waals surface area contributed by atoms with E-state index in [9.17, 15) is 9.59 Å². The lowest BCUT2D eigenvalue weighted by molar-refractivity contribution is -0.127. The molecule has 2 heterocycles. The molecule has 1 aliphatic carbocycles. The van der Waals surface area contributed by atoms with Crippen LogP contribution < -0.4 is 10.6 Å². The van der Waals surface area contributed by atoms with Crippen molar-refractivity contribution in [1.82, 2.24) is 15.2 Å². The van der Waals surface area contributed by atoms with Crippen molar-refractivity contribution in [2.75, 3.05) is 18.4 Å². The Balaban J connectivity index is 1.46. The summed E-state index contributed by atoms with van der Waals surface area (Å²) in [6.07, 6.45) is 5.40. The molecule has 1 aromatic heterocycles. The van der Waals surface area contributed by atoms with Crippen LogP contribution in [0.4, 0.5) is 5.82 Å². The molecule has 2 fully saturated rings. The van der Waals surface area contributed by atoms with Gasteiger partial charge in [-0.15, -0.1) is 0 Å². The lowest BCUT2D eigenvalue weighted by Gasteiger charge is -2.34.